The average molecular weight is 243 g/mol. The summed E-state index contributed by atoms with van der Waals surface area (Å²) in [7, 11) is 0. The molecular formula is C13H17N5. The summed E-state index contributed by atoms with van der Waals surface area (Å²) >= 11 is 0. The molecule has 0 atom stereocenters. The van der Waals surface area contributed by atoms with Crippen LogP contribution in [0.1, 0.15) is 12.8 Å². The largest absolute Gasteiger partial charge is 0.368 e. The molecule has 0 spiro atoms. The fourth-order valence-corrected chi connectivity index (χ4v) is 2.36. The fraction of sp³-hybridized carbons (Fsp3) is 0.385. The van der Waals surface area contributed by atoms with Gasteiger partial charge in [0.05, 0.1) is 5.52 Å². The minimum absolute atomic E-state index is 0.324. The maximum absolute atomic E-state index is 5.76. The van der Waals surface area contributed by atoms with Crippen LogP contribution in [0.4, 0.5) is 11.8 Å². The van der Waals surface area contributed by atoms with Crippen LogP contribution in [0.5, 0.6) is 0 Å². The summed E-state index contributed by atoms with van der Waals surface area (Å²) in [6.45, 7) is 2.10. The molecule has 1 aromatic carbocycles. The molecule has 2 aromatic rings. The summed E-state index contributed by atoms with van der Waals surface area (Å²) in [5.74, 6) is 1.18. The van der Waals surface area contributed by atoms with Gasteiger partial charge in [0, 0.05) is 11.4 Å². The number of benzene rings is 1. The number of nitrogens with one attached hydrogen (secondary N) is 2. The van der Waals surface area contributed by atoms with E-state index in [1.54, 1.807) is 0 Å². The predicted molar refractivity (Wildman–Crippen MR) is 73.5 cm³/mol. The number of nitrogens with zero attached hydrogens (tertiary/aromatic N) is 2. The van der Waals surface area contributed by atoms with Crippen LogP contribution in [-0.4, -0.2) is 29.1 Å². The zero-order chi connectivity index (χ0) is 12.4. The molecule has 0 amide bonds. The molecule has 1 saturated heterocycles. The summed E-state index contributed by atoms with van der Waals surface area (Å²) in [6, 6.07) is 8.40. The lowest BCUT2D eigenvalue weighted by molar-refractivity contribution is 0.478. The van der Waals surface area contributed by atoms with Crippen molar-refractivity contribution >= 4 is 22.7 Å². The Morgan fingerprint density at radius 3 is 2.78 bits per heavy atom. The molecule has 0 aliphatic carbocycles. The van der Waals surface area contributed by atoms with Crippen molar-refractivity contribution in [2.45, 2.75) is 18.9 Å². The summed E-state index contributed by atoms with van der Waals surface area (Å²) in [5.41, 5.74) is 6.65. The van der Waals surface area contributed by atoms with E-state index in [-0.39, 0.29) is 0 Å². The molecule has 5 nitrogen and oxygen atoms in total. The smallest absolute Gasteiger partial charge is 0.222 e. The number of nitrogens with two attached hydrogens (primary N) is 1. The number of nitrogen functional groups attached to an aromatic ring is 1. The minimum Gasteiger partial charge on any atom is -0.368 e. The first-order valence-electron chi connectivity index (χ1n) is 6.32. The van der Waals surface area contributed by atoms with Crippen molar-refractivity contribution in [3.63, 3.8) is 0 Å². The molecule has 1 aliphatic heterocycles. The second kappa shape index (κ2) is 4.78. The molecule has 0 saturated carbocycles. The Hall–Kier alpha value is -1.88. The third kappa shape index (κ3) is 2.22. The van der Waals surface area contributed by atoms with Crippen molar-refractivity contribution in [2.24, 2.45) is 0 Å². The van der Waals surface area contributed by atoms with Crippen molar-refractivity contribution in [1.29, 1.82) is 0 Å². The molecule has 0 unspecified atom stereocenters. The summed E-state index contributed by atoms with van der Waals surface area (Å²) in [5, 5.41) is 7.88. The highest BCUT2D eigenvalue weighted by Gasteiger charge is 2.15. The van der Waals surface area contributed by atoms with E-state index in [0.29, 0.717) is 12.0 Å². The van der Waals surface area contributed by atoms with Gasteiger partial charge < -0.3 is 16.4 Å². The molecule has 1 aromatic heterocycles. The standard InChI is InChI=1S/C13H17N5/c14-13-17-11-4-2-1-3-10(11)12(18-13)16-9-5-7-15-8-6-9/h1-4,9,15H,5-8H2,(H3,14,16,17,18). The zero-order valence-electron chi connectivity index (χ0n) is 10.2. The molecule has 3 rings (SSSR count). The second-order valence-electron chi connectivity index (χ2n) is 4.62. The topological polar surface area (TPSA) is 75.9 Å². The van der Waals surface area contributed by atoms with E-state index in [1.807, 2.05) is 24.3 Å². The van der Waals surface area contributed by atoms with Gasteiger partial charge in [-0.05, 0) is 38.1 Å². The van der Waals surface area contributed by atoms with E-state index in [4.69, 9.17) is 5.73 Å². The lowest BCUT2D eigenvalue weighted by Crippen LogP contribution is -2.35. The first kappa shape index (κ1) is 11.2. The van der Waals surface area contributed by atoms with E-state index in [0.717, 1.165) is 42.7 Å². The van der Waals surface area contributed by atoms with Gasteiger partial charge in [0.2, 0.25) is 5.95 Å². The number of anilines is 2. The van der Waals surface area contributed by atoms with E-state index >= 15 is 0 Å². The average Bonchev–Trinajstić information content (AvgIpc) is 2.40. The number of aromatic nitrogens is 2. The molecular weight excluding hydrogens is 226 g/mol. The quantitative estimate of drug-likeness (QED) is 0.743. The van der Waals surface area contributed by atoms with Crippen molar-refractivity contribution in [2.75, 3.05) is 24.1 Å². The van der Waals surface area contributed by atoms with Gasteiger partial charge in [-0.2, -0.15) is 4.98 Å². The zero-order valence-corrected chi connectivity index (χ0v) is 10.2. The van der Waals surface area contributed by atoms with E-state index in [9.17, 15) is 0 Å². The van der Waals surface area contributed by atoms with Gasteiger partial charge in [0.1, 0.15) is 5.82 Å². The molecule has 5 heteroatoms. The molecule has 0 bridgehead atoms. The van der Waals surface area contributed by atoms with Crippen LogP contribution in [0.25, 0.3) is 10.9 Å². The predicted octanol–water partition coefficient (Wildman–Crippen LogP) is 1.38. The lowest BCUT2D eigenvalue weighted by atomic mass is 10.1. The highest BCUT2D eigenvalue weighted by Crippen LogP contribution is 2.22. The maximum Gasteiger partial charge on any atom is 0.222 e. The number of rotatable bonds is 2. The molecule has 94 valence electrons. The van der Waals surface area contributed by atoms with Crippen molar-refractivity contribution < 1.29 is 0 Å². The number of fused-ring (bicyclic) bond motifs is 1. The Morgan fingerprint density at radius 1 is 1.17 bits per heavy atom. The minimum atomic E-state index is 0.324. The van der Waals surface area contributed by atoms with Crippen molar-refractivity contribution in [1.82, 2.24) is 15.3 Å². The van der Waals surface area contributed by atoms with E-state index < -0.39 is 0 Å². The number of para-hydroxylation sites is 1. The third-order valence-corrected chi connectivity index (χ3v) is 3.30. The van der Waals surface area contributed by atoms with Crippen LogP contribution in [0.3, 0.4) is 0 Å². The number of piperidine rings is 1. The Kier molecular flexibility index (Phi) is 2.98. The normalized spacial score (nSPS) is 16.9. The molecule has 1 aliphatic rings. The van der Waals surface area contributed by atoms with Gasteiger partial charge in [-0.3, -0.25) is 0 Å². The van der Waals surface area contributed by atoms with Crippen LogP contribution < -0.4 is 16.4 Å². The van der Waals surface area contributed by atoms with Gasteiger partial charge in [-0.1, -0.05) is 12.1 Å². The Labute approximate surface area is 106 Å². The van der Waals surface area contributed by atoms with Gasteiger partial charge >= 0.3 is 0 Å². The van der Waals surface area contributed by atoms with Crippen LogP contribution in [-0.2, 0) is 0 Å². The number of hydrogen-bond donors (Lipinski definition) is 3. The van der Waals surface area contributed by atoms with Gasteiger partial charge in [-0.15, -0.1) is 0 Å². The molecule has 4 N–H and O–H groups in total. The Morgan fingerprint density at radius 2 is 1.94 bits per heavy atom. The lowest BCUT2D eigenvalue weighted by Gasteiger charge is -2.24. The second-order valence-corrected chi connectivity index (χ2v) is 4.62. The molecule has 18 heavy (non-hydrogen) atoms. The Bertz CT molecular complexity index is 548. The highest BCUT2D eigenvalue weighted by molar-refractivity contribution is 5.89. The van der Waals surface area contributed by atoms with Crippen molar-refractivity contribution in [3.8, 4) is 0 Å². The molecule has 2 heterocycles. The summed E-state index contributed by atoms with van der Waals surface area (Å²) in [6.07, 6.45) is 2.22. The van der Waals surface area contributed by atoms with E-state index in [2.05, 4.69) is 20.6 Å². The highest BCUT2D eigenvalue weighted by atomic mass is 15.1. The van der Waals surface area contributed by atoms with Gasteiger partial charge in [0.25, 0.3) is 0 Å². The third-order valence-electron chi connectivity index (χ3n) is 3.30. The molecule has 1 fully saturated rings. The molecule has 0 radical (unpaired) electrons. The van der Waals surface area contributed by atoms with Crippen LogP contribution in [0, 0.1) is 0 Å². The first-order chi connectivity index (χ1) is 8.83. The van der Waals surface area contributed by atoms with Crippen LogP contribution in [0.2, 0.25) is 0 Å². The summed E-state index contributed by atoms with van der Waals surface area (Å²) in [4.78, 5) is 8.57. The van der Waals surface area contributed by atoms with Crippen LogP contribution >= 0.6 is 0 Å². The van der Waals surface area contributed by atoms with Crippen LogP contribution in [0.15, 0.2) is 24.3 Å². The maximum atomic E-state index is 5.76. The van der Waals surface area contributed by atoms with Gasteiger partial charge in [-0.25, -0.2) is 4.98 Å². The summed E-state index contributed by atoms with van der Waals surface area (Å²) < 4.78 is 0. The van der Waals surface area contributed by atoms with Gasteiger partial charge in [0.15, 0.2) is 0 Å². The first-order valence-corrected chi connectivity index (χ1v) is 6.32. The number of hydrogen-bond acceptors (Lipinski definition) is 5. The fourth-order valence-electron chi connectivity index (χ4n) is 2.36. The monoisotopic (exact) mass is 243 g/mol. The van der Waals surface area contributed by atoms with E-state index in [1.165, 1.54) is 0 Å². The SMILES string of the molecule is Nc1nc(NC2CCNCC2)c2ccccc2n1. The Balaban J connectivity index is 1.94. The van der Waals surface area contributed by atoms with Crippen molar-refractivity contribution in [3.05, 3.63) is 24.3 Å².